The predicted octanol–water partition coefficient (Wildman–Crippen LogP) is 2.52. The first-order chi connectivity index (χ1) is 11.1. The van der Waals surface area contributed by atoms with E-state index < -0.39 is 0 Å². The zero-order valence-corrected chi connectivity index (χ0v) is 14.3. The fourth-order valence-electron chi connectivity index (χ4n) is 2.63. The van der Waals surface area contributed by atoms with Gasteiger partial charge in [-0.15, -0.1) is 0 Å². The van der Waals surface area contributed by atoms with Crippen LogP contribution in [-0.2, 0) is 9.53 Å². The van der Waals surface area contributed by atoms with Gasteiger partial charge >= 0.3 is 0 Å². The van der Waals surface area contributed by atoms with Gasteiger partial charge in [0.15, 0.2) is 5.16 Å². The number of thioether (sulfide) groups is 1. The summed E-state index contributed by atoms with van der Waals surface area (Å²) in [6.07, 6.45) is 3.82. The molecule has 0 aliphatic carbocycles. The SMILES string of the molecule is Cc1cccc(-n2ccnc2SCC(=O)N2CCOC(C)C2)c1. The van der Waals surface area contributed by atoms with Gasteiger partial charge in [-0.25, -0.2) is 4.98 Å². The van der Waals surface area contributed by atoms with E-state index in [9.17, 15) is 4.79 Å². The van der Waals surface area contributed by atoms with E-state index in [1.54, 1.807) is 6.20 Å². The van der Waals surface area contributed by atoms with Gasteiger partial charge in [-0.05, 0) is 31.5 Å². The van der Waals surface area contributed by atoms with Gasteiger partial charge < -0.3 is 9.64 Å². The van der Waals surface area contributed by atoms with Crippen LogP contribution in [-0.4, -0.2) is 51.9 Å². The van der Waals surface area contributed by atoms with Crippen molar-refractivity contribution in [3.8, 4) is 5.69 Å². The fraction of sp³-hybridized carbons (Fsp3) is 0.412. The Bertz CT molecular complexity index is 686. The lowest BCUT2D eigenvalue weighted by Crippen LogP contribution is -2.45. The largest absolute Gasteiger partial charge is 0.375 e. The maximum Gasteiger partial charge on any atom is 0.233 e. The summed E-state index contributed by atoms with van der Waals surface area (Å²) >= 11 is 1.48. The van der Waals surface area contributed by atoms with E-state index in [4.69, 9.17) is 4.74 Å². The van der Waals surface area contributed by atoms with Crippen LogP contribution in [0.2, 0.25) is 0 Å². The van der Waals surface area contributed by atoms with Crippen molar-refractivity contribution >= 4 is 17.7 Å². The standard InChI is InChI=1S/C17H21N3O2S/c1-13-4-3-5-15(10-13)20-7-6-18-17(20)23-12-16(21)19-8-9-22-14(2)11-19/h3-7,10,14H,8-9,11-12H2,1-2H3. The summed E-state index contributed by atoms with van der Waals surface area (Å²) in [5.74, 6) is 0.541. The van der Waals surface area contributed by atoms with Gasteiger partial charge in [-0.3, -0.25) is 9.36 Å². The highest BCUT2D eigenvalue weighted by Gasteiger charge is 2.21. The molecular formula is C17H21N3O2S. The number of aromatic nitrogens is 2. The van der Waals surface area contributed by atoms with Crippen molar-refractivity contribution in [3.63, 3.8) is 0 Å². The molecule has 1 saturated heterocycles. The van der Waals surface area contributed by atoms with Crippen molar-refractivity contribution in [2.75, 3.05) is 25.4 Å². The molecular weight excluding hydrogens is 310 g/mol. The van der Waals surface area contributed by atoms with Crippen LogP contribution in [0.5, 0.6) is 0 Å². The summed E-state index contributed by atoms with van der Waals surface area (Å²) in [5, 5.41) is 0.838. The zero-order valence-electron chi connectivity index (χ0n) is 13.4. The van der Waals surface area contributed by atoms with Crippen molar-refractivity contribution in [2.24, 2.45) is 0 Å². The topological polar surface area (TPSA) is 47.4 Å². The third-order valence-corrected chi connectivity index (χ3v) is 4.76. The van der Waals surface area contributed by atoms with Crippen molar-refractivity contribution in [2.45, 2.75) is 25.1 Å². The maximum absolute atomic E-state index is 12.4. The number of aryl methyl sites for hydroxylation is 1. The quantitative estimate of drug-likeness (QED) is 0.808. The van der Waals surface area contributed by atoms with E-state index in [2.05, 4.69) is 24.0 Å². The summed E-state index contributed by atoms with van der Waals surface area (Å²) in [5.41, 5.74) is 2.27. The minimum Gasteiger partial charge on any atom is -0.375 e. The Kier molecular flexibility index (Phi) is 5.03. The summed E-state index contributed by atoms with van der Waals surface area (Å²) in [4.78, 5) is 18.6. The van der Waals surface area contributed by atoms with E-state index >= 15 is 0 Å². The molecule has 0 N–H and O–H groups in total. The highest BCUT2D eigenvalue weighted by atomic mass is 32.2. The van der Waals surface area contributed by atoms with E-state index in [-0.39, 0.29) is 12.0 Å². The Balaban J connectivity index is 1.65. The molecule has 2 heterocycles. The number of benzene rings is 1. The molecule has 0 spiro atoms. The van der Waals surface area contributed by atoms with Crippen LogP contribution in [0.1, 0.15) is 12.5 Å². The van der Waals surface area contributed by atoms with Crippen LogP contribution in [0.15, 0.2) is 41.8 Å². The molecule has 1 aliphatic rings. The fourth-order valence-corrected chi connectivity index (χ4v) is 3.51. The van der Waals surface area contributed by atoms with Crippen LogP contribution in [0, 0.1) is 6.92 Å². The highest BCUT2D eigenvalue weighted by molar-refractivity contribution is 7.99. The lowest BCUT2D eigenvalue weighted by molar-refractivity contribution is -0.135. The second-order valence-electron chi connectivity index (χ2n) is 5.73. The Morgan fingerprint density at radius 3 is 3.13 bits per heavy atom. The molecule has 1 fully saturated rings. The van der Waals surface area contributed by atoms with Crippen molar-refractivity contribution < 1.29 is 9.53 Å². The maximum atomic E-state index is 12.4. The van der Waals surface area contributed by atoms with Crippen molar-refractivity contribution in [1.29, 1.82) is 0 Å². The predicted molar refractivity (Wildman–Crippen MR) is 91.0 cm³/mol. The van der Waals surface area contributed by atoms with Crippen LogP contribution >= 0.6 is 11.8 Å². The van der Waals surface area contributed by atoms with Crippen molar-refractivity contribution in [3.05, 3.63) is 42.2 Å². The Morgan fingerprint density at radius 1 is 1.48 bits per heavy atom. The average Bonchev–Trinajstić information content (AvgIpc) is 3.01. The van der Waals surface area contributed by atoms with E-state index in [1.807, 2.05) is 34.7 Å². The lowest BCUT2D eigenvalue weighted by Gasteiger charge is -2.31. The first-order valence-corrected chi connectivity index (χ1v) is 8.74. The number of hydrogen-bond acceptors (Lipinski definition) is 4. The zero-order chi connectivity index (χ0) is 16.2. The number of amides is 1. The Hall–Kier alpha value is -1.79. The van der Waals surface area contributed by atoms with Gasteiger partial charge in [-0.1, -0.05) is 23.9 Å². The molecule has 23 heavy (non-hydrogen) atoms. The van der Waals surface area contributed by atoms with Gasteiger partial charge in [0.2, 0.25) is 5.91 Å². The van der Waals surface area contributed by atoms with Gasteiger partial charge in [0.05, 0.1) is 18.5 Å². The third-order valence-electron chi connectivity index (χ3n) is 3.81. The molecule has 0 radical (unpaired) electrons. The number of imidazole rings is 1. The molecule has 2 aromatic rings. The number of nitrogens with zero attached hydrogens (tertiary/aromatic N) is 3. The number of hydrogen-bond donors (Lipinski definition) is 0. The van der Waals surface area contributed by atoms with Crippen LogP contribution in [0.25, 0.3) is 5.69 Å². The first-order valence-electron chi connectivity index (χ1n) is 7.76. The van der Waals surface area contributed by atoms with Gasteiger partial charge in [-0.2, -0.15) is 0 Å². The summed E-state index contributed by atoms with van der Waals surface area (Å²) < 4.78 is 7.50. The average molecular weight is 331 g/mol. The molecule has 3 rings (SSSR count). The molecule has 6 heteroatoms. The van der Waals surface area contributed by atoms with Gasteiger partial charge in [0, 0.05) is 31.2 Å². The smallest absolute Gasteiger partial charge is 0.233 e. The Morgan fingerprint density at radius 2 is 2.35 bits per heavy atom. The molecule has 0 saturated carbocycles. The molecule has 0 bridgehead atoms. The van der Waals surface area contributed by atoms with Crippen molar-refractivity contribution in [1.82, 2.24) is 14.5 Å². The van der Waals surface area contributed by atoms with Crippen LogP contribution in [0.3, 0.4) is 0 Å². The van der Waals surface area contributed by atoms with Crippen LogP contribution in [0.4, 0.5) is 0 Å². The van der Waals surface area contributed by atoms with E-state index in [1.165, 1.54) is 17.3 Å². The molecule has 1 unspecified atom stereocenters. The number of carbonyl (C=O) groups excluding carboxylic acids is 1. The molecule has 1 atom stereocenters. The summed E-state index contributed by atoms with van der Waals surface area (Å²) in [6, 6.07) is 8.25. The van der Waals surface area contributed by atoms with Gasteiger partial charge in [0.1, 0.15) is 0 Å². The second kappa shape index (κ2) is 7.19. The first kappa shape index (κ1) is 16.1. The monoisotopic (exact) mass is 331 g/mol. The number of ether oxygens (including phenoxy) is 1. The van der Waals surface area contributed by atoms with E-state index in [0.29, 0.717) is 25.4 Å². The highest BCUT2D eigenvalue weighted by Crippen LogP contribution is 2.21. The number of carbonyl (C=O) groups is 1. The summed E-state index contributed by atoms with van der Waals surface area (Å²) in [7, 11) is 0. The number of rotatable bonds is 4. The third kappa shape index (κ3) is 3.95. The minimum atomic E-state index is 0.118. The molecule has 5 nitrogen and oxygen atoms in total. The van der Waals surface area contributed by atoms with Crippen LogP contribution < -0.4 is 0 Å². The second-order valence-corrected chi connectivity index (χ2v) is 6.67. The molecule has 1 aromatic heterocycles. The summed E-state index contributed by atoms with van der Waals surface area (Å²) in [6.45, 7) is 6.03. The molecule has 1 aromatic carbocycles. The van der Waals surface area contributed by atoms with E-state index in [0.717, 1.165) is 10.8 Å². The Labute approximate surface area is 140 Å². The molecule has 1 aliphatic heterocycles. The lowest BCUT2D eigenvalue weighted by atomic mass is 10.2. The minimum absolute atomic E-state index is 0.118. The normalized spacial score (nSPS) is 18.2. The van der Waals surface area contributed by atoms with Gasteiger partial charge in [0.25, 0.3) is 0 Å². The number of morpholine rings is 1. The molecule has 1 amide bonds. The molecule has 122 valence electrons.